The zero-order valence-corrected chi connectivity index (χ0v) is 8.85. The first-order chi connectivity index (χ1) is 6.16. The van der Waals surface area contributed by atoms with Crippen molar-refractivity contribution in [3.63, 3.8) is 0 Å². The molecule has 0 saturated carbocycles. The summed E-state index contributed by atoms with van der Waals surface area (Å²) in [5, 5.41) is 6.17. The summed E-state index contributed by atoms with van der Waals surface area (Å²) in [6.07, 6.45) is 1.95. The van der Waals surface area contributed by atoms with Gasteiger partial charge in [-0.15, -0.1) is 11.3 Å². The lowest BCUT2D eigenvalue weighted by Crippen LogP contribution is -1.86. The molecule has 5 heteroatoms. The van der Waals surface area contributed by atoms with Crippen molar-refractivity contribution in [2.24, 2.45) is 7.05 Å². The van der Waals surface area contributed by atoms with E-state index in [1.54, 1.807) is 4.68 Å². The summed E-state index contributed by atoms with van der Waals surface area (Å²) in [6.45, 7) is 1.96. The number of aromatic nitrogens is 3. The first-order valence-electron chi connectivity index (χ1n) is 3.78. The number of nitrogens with zero attached hydrogens (tertiary/aromatic N) is 3. The third kappa shape index (κ3) is 1.59. The highest BCUT2D eigenvalue weighted by Crippen LogP contribution is 2.26. The summed E-state index contributed by atoms with van der Waals surface area (Å²) in [6, 6.07) is 0. The minimum atomic E-state index is 0.568. The van der Waals surface area contributed by atoms with E-state index in [9.17, 15) is 0 Å². The average molecular weight is 214 g/mol. The van der Waals surface area contributed by atoms with Crippen molar-refractivity contribution in [1.29, 1.82) is 0 Å². The van der Waals surface area contributed by atoms with E-state index in [2.05, 4.69) is 10.1 Å². The molecule has 0 aliphatic rings. The third-order valence-corrected chi connectivity index (χ3v) is 2.74. The summed E-state index contributed by atoms with van der Waals surface area (Å²) in [7, 11) is 1.89. The van der Waals surface area contributed by atoms with Crippen LogP contribution in [-0.2, 0) is 7.05 Å². The zero-order valence-electron chi connectivity index (χ0n) is 7.28. The molecule has 0 aromatic carbocycles. The second-order valence-corrected chi connectivity index (χ2v) is 4.23. The van der Waals surface area contributed by atoms with Crippen molar-refractivity contribution < 1.29 is 0 Å². The van der Waals surface area contributed by atoms with Crippen molar-refractivity contribution in [3.8, 4) is 11.3 Å². The molecule has 0 amide bonds. The minimum Gasteiger partial charge on any atom is -0.275 e. The van der Waals surface area contributed by atoms with Crippen LogP contribution in [0.25, 0.3) is 11.3 Å². The van der Waals surface area contributed by atoms with E-state index < -0.39 is 0 Å². The molecule has 0 radical (unpaired) electrons. The highest BCUT2D eigenvalue weighted by molar-refractivity contribution is 7.14. The molecule has 0 aliphatic carbocycles. The van der Waals surface area contributed by atoms with Gasteiger partial charge in [-0.05, 0) is 6.92 Å². The zero-order chi connectivity index (χ0) is 9.42. The number of aryl methyl sites for hydroxylation is 2. The molecule has 0 atom stereocenters. The summed E-state index contributed by atoms with van der Waals surface area (Å²) in [5.41, 5.74) is 2.93. The molecule has 0 spiro atoms. The first-order valence-corrected chi connectivity index (χ1v) is 5.04. The lowest BCUT2D eigenvalue weighted by Gasteiger charge is -1.89. The van der Waals surface area contributed by atoms with Crippen LogP contribution in [0.2, 0.25) is 4.47 Å². The number of halogens is 1. The number of thiazole rings is 1. The fraction of sp³-hybridized carbons (Fsp3) is 0.250. The molecule has 0 N–H and O–H groups in total. The molecule has 68 valence electrons. The lowest BCUT2D eigenvalue weighted by atomic mass is 10.2. The Bertz CT molecular complexity index is 432. The standard InChI is InChI=1S/C8H8ClN3S/c1-5-6(3-12(2)11-5)7-4-13-8(9)10-7/h3-4H,1-2H3. The molecule has 13 heavy (non-hydrogen) atoms. The molecular weight excluding hydrogens is 206 g/mol. The van der Waals surface area contributed by atoms with Gasteiger partial charge in [0, 0.05) is 24.2 Å². The van der Waals surface area contributed by atoms with Gasteiger partial charge in [-0.25, -0.2) is 4.98 Å². The first kappa shape index (κ1) is 8.72. The molecule has 0 fully saturated rings. The third-order valence-electron chi connectivity index (χ3n) is 1.77. The maximum absolute atomic E-state index is 5.75. The lowest BCUT2D eigenvalue weighted by molar-refractivity contribution is 0.756. The van der Waals surface area contributed by atoms with Crippen LogP contribution in [0.5, 0.6) is 0 Å². The second-order valence-electron chi connectivity index (χ2n) is 2.79. The SMILES string of the molecule is Cc1nn(C)cc1-c1csc(Cl)n1. The van der Waals surface area contributed by atoms with Crippen molar-refractivity contribution in [2.45, 2.75) is 6.92 Å². The van der Waals surface area contributed by atoms with Crippen LogP contribution in [0.4, 0.5) is 0 Å². The molecule has 0 saturated heterocycles. The van der Waals surface area contributed by atoms with E-state index in [1.165, 1.54) is 11.3 Å². The molecule has 2 heterocycles. The predicted octanol–water partition coefficient (Wildman–Crippen LogP) is 2.51. The molecule has 3 nitrogen and oxygen atoms in total. The highest BCUT2D eigenvalue weighted by Gasteiger charge is 2.08. The van der Waals surface area contributed by atoms with Gasteiger partial charge in [0.1, 0.15) is 0 Å². The molecule has 0 aliphatic heterocycles. The van der Waals surface area contributed by atoms with Gasteiger partial charge in [0.2, 0.25) is 0 Å². The largest absolute Gasteiger partial charge is 0.275 e. The monoisotopic (exact) mass is 213 g/mol. The van der Waals surface area contributed by atoms with E-state index in [0.29, 0.717) is 4.47 Å². The summed E-state index contributed by atoms with van der Waals surface area (Å²) in [4.78, 5) is 4.19. The van der Waals surface area contributed by atoms with Crippen LogP contribution in [0.15, 0.2) is 11.6 Å². The molecule has 2 aromatic heterocycles. The number of hydrogen-bond donors (Lipinski definition) is 0. The number of rotatable bonds is 1. The van der Waals surface area contributed by atoms with E-state index in [1.807, 2.05) is 25.5 Å². The Morgan fingerprint density at radius 1 is 1.54 bits per heavy atom. The van der Waals surface area contributed by atoms with Gasteiger partial charge >= 0.3 is 0 Å². The summed E-state index contributed by atoms with van der Waals surface area (Å²) in [5.74, 6) is 0. The average Bonchev–Trinajstić information content (AvgIpc) is 2.58. The van der Waals surface area contributed by atoms with Crippen LogP contribution < -0.4 is 0 Å². The summed E-state index contributed by atoms with van der Waals surface area (Å²) >= 11 is 7.18. The van der Waals surface area contributed by atoms with Gasteiger partial charge in [-0.2, -0.15) is 5.10 Å². The Balaban J connectivity index is 2.51. The van der Waals surface area contributed by atoms with E-state index in [4.69, 9.17) is 11.6 Å². The predicted molar refractivity (Wildman–Crippen MR) is 54.1 cm³/mol. The Morgan fingerprint density at radius 2 is 2.31 bits per heavy atom. The van der Waals surface area contributed by atoms with Gasteiger partial charge in [-0.3, -0.25) is 4.68 Å². The molecule has 2 rings (SSSR count). The van der Waals surface area contributed by atoms with Crippen molar-refractivity contribution >= 4 is 22.9 Å². The van der Waals surface area contributed by atoms with Crippen LogP contribution in [0, 0.1) is 6.92 Å². The Labute approximate surface area is 85.0 Å². The minimum absolute atomic E-state index is 0.568. The highest BCUT2D eigenvalue weighted by atomic mass is 35.5. The fourth-order valence-electron chi connectivity index (χ4n) is 1.23. The second kappa shape index (κ2) is 3.12. The van der Waals surface area contributed by atoms with Gasteiger partial charge in [-0.1, -0.05) is 11.6 Å². The number of hydrogen-bond acceptors (Lipinski definition) is 3. The normalized spacial score (nSPS) is 10.7. The van der Waals surface area contributed by atoms with Gasteiger partial charge < -0.3 is 0 Å². The molecule has 2 aromatic rings. The maximum atomic E-state index is 5.75. The van der Waals surface area contributed by atoms with E-state index >= 15 is 0 Å². The van der Waals surface area contributed by atoms with Crippen LogP contribution in [0.3, 0.4) is 0 Å². The quantitative estimate of drug-likeness (QED) is 0.729. The van der Waals surface area contributed by atoms with Gasteiger partial charge in [0.15, 0.2) is 4.47 Å². The Kier molecular flexibility index (Phi) is 2.09. The maximum Gasteiger partial charge on any atom is 0.184 e. The van der Waals surface area contributed by atoms with Crippen LogP contribution in [-0.4, -0.2) is 14.8 Å². The van der Waals surface area contributed by atoms with Gasteiger partial charge in [0.25, 0.3) is 0 Å². The Morgan fingerprint density at radius 3 is 2.77 bits per heavy atom. The summed E-state index contributed by atoms with van der Waals surface area (Å²) < 4.78 is 2.34. The van der Waals surface area contributed by atoms with E-state index in [0.717, 1.165) is 17.0 Å². The van der Waals surface area contributed by atoms with Crippen LogP contribution >= 0.6 is 22.9 Å². The molecular formula is C8H8ClN3S. The van der Waals surface area contributed by atoms with Crippen molar-refractivity contribution in [1.82, 2.24) is 14.8 Å². The molecule has 0 unspecified atom stereocenters. The smallest absolute Gasteiger partial charge is 0.184 e. The van der Waals surface area contributed by atoms with Gasteiger partial charge in [0.05, 0.1) is 11.4 Å². The molecule has 0 bridgehead atoms. The van der Waals surface area contributed by atoms with Crippen molar-refractivity contribution in [3.05, 3.63) is 21.7 Å². The van der Waals surface area contributed by atoms with Crippen molar-refractivity contribution in [2.75, 3.05) is 0 Å². The van der Waals surface area contributed by atoms with E-state index in [-0.39, 0.29) is 0 Å². The Hall–Kier alpha value is -0.870. The van der Waals surface area contributed by atoms with Crippen LogP contribution in [0.1, 0.15) is 5.69 Å². The fourth-order valence-corrected chi connectivity index (χ4v) is 1.99. The topological polar surface area (TPSA) is 30.7 Å².